The molecule has 0 saturated carbocycles. The third kappa shape index (κ3) is 6.81. The van der Waals surface area contributed by atoms with Crippen LogP contribution < -0.4 is 10.8 Å². The van der Waals surface area contributed by atoms with E-state index in [0.717, 1.165) is 10.5 Å². The fourth-order valence-electron chi connectivity index (χ4n) is 2.43. The second-order valence-electron chi connectivity index (χ2n) is 5.82. The predicted octanol–water partition coefficient (Wildman–Crippen LogP) is 5.05. The van der Waals surface area contributed by atoms with E-state index in [-0.39, 0.29) is 11.3 Å². The Hall–Kier alpha value is -1.92. The number of rotatable bonds is 7. The molecule has 0 unspecified atom stereocenters. The van der Waals surface area contributed by atoms with Crippen molar-refractivity contribution in [3.8, 4) is 5.75 Å². The number of anilines is 1. The van der Waals surface area contributed by atoms with Crippen molar-refractivity contribution in [2.45, 2.75) is 12.2 Å². The standard InChI is InChI=1S/C19H17Br3N2O6/c1-29-15(6-7-16(25)24-28)18(13-8-11(21)9-14(22)17(13)26)30-19(27)23-12-4-2-10(20)3-5-12/h2-9,15,18,26,28H,1H3,(H,23,27)(H,24,25)/b7-6+/t15-,18-/m0/s1. The normalized spacial score (nSPS) is 13.0. The quantitative estimate of drug-likeness (QED) is 0.199. The van der Waals surface area contributed by atoms with E-state index in [1.807, 2.05) is 0 Å². The average molecular weight is 609 g/mol. The van der Waals surface area contributed by atoms with Crippen LogP contribution in [0.15, 0.2) is 62.0 Å². The summed E-state index contributed by atoms with van der Waals surface area (Å²) in [4.78, 5) is 23.9. The molecule has 0 aromatic heterocycles. The predicted molar refractivity (Wildman–Crippen MR) is 120 cm³/mol. The monoisotopic (exact) mass is 606 g/mol. The highest BCUT2D eigenvalue weighted by atomic mass is 79.9. The smallest absolute Gasteiger partial charge is 0.412 e. The molecule has 0 aliphatic heterocycles. The minimum Gasteiger partial charge on any atom is -0.506 e. The van der Waals surface area contributed by atoms with Crippen LogP contribution in [0.4, 0.5) is 10.5 Å². The number of hydrogen-bond donors (Lipinski definition) is 4. The Kier molecular flexibility index (Phi) is 9.31. The van der Waals surface area contributed by atoms with E-state index in [9.17, 15) is 14.7 Å². The molecule has 2 atom stereocenters. The van der Waals surface area contributed by atoms with Gasteiger partial charge in [-0.1, -0.05) is 31.9 Å². The number of methoxy groups -OCH3 is 1. The van der Waals surface area contributed by atoms with Gasteiger partial charge in [0.1, 0.15) is 11.9 Å². The molecule has 11 heteroatoms. The van der Waals surface area contributed by atoms with Crippen LogP contribution in [0.2, 0.25) is 0 Å². The number of benzene rings is 2. The Bertz CT molecular complexity index is 937. The van der Waals surface area contributed by atoms with Crippen molar-refractivity contribution in [1.29, 1.82) is 0 Å². The van der Waals surface area contributed by atoms with Crippen molar-refractivity contribution in [1.82, 2.24) is 5.48 Å². The summed E-state index contributed by atoms with van der Waals surface area (Å²) in [5.74, 6) is -0.962. The number of aromatic hydroxyl groups is 1. The summed E-state index contributed by atoms with van der Waals surface area (Å²) in [5.41, 5.74) is 2.18. The number of phenols is 1. The van der Waals surface area contributed by atoms with Crippen LogP contribution in [0.25, 0.3) is 0 Å². The van der Waals surface area contributed by atoms with Gasteiger partial charge < -0.3 is 14.6 Å². The lowest BCUT2D eigenvalue weighted by atomic mass is 10.0. The molecule has 0 heterocycles. The van der Waals surface area contributed by atoms with Crippen molar-refractivity contribution in [3.05, 3.63) is 67.5 Å². The van der Waals surface area contributed by atoms with Crippen molar-refractivity contribution >= 4 is 65.5 Å². The molecule has 30 heavy (non-hydrogen) atoms. The maximum Gasteiger partial charge on any atom is 0.412 e. The van der Waals surface area contributed by atoms with Crippen molar-refractivity contribution in [3.63, 3.8) is 0 Å². The first-order chi connectivity index (χ1) is 14.2. The van der Waals surface area contributed by atoms with Crippen LogP contribution in [0.5, 0.6) is 5.75 Å². The summed E-state index contributed by atoms with van der Waals surface area (Å²) in [6.45, 7) is 0. The molecule has 0 saturated heterocycles. The second kappa shape index (κ2) is 11.5. The molecular formula is C19H17Br3N2O6. The van der Waals surface area contributed by atoms with Gasteiger partial charge in [0, 0.05) is 33.4 Å². The zero-order valence-corrected chi connectivity index (χ0v) is 20.2. The van der Waals surface area contributed by atoms with Crippen LogP contribution in [-0.2, 0) is 14.3 Å². The van der Waals surface area contributed by atoms with E-state index in [4.69, 9.17) is 14.7 Å². The van der Waals surface area contributed by atoms with Gasteiger partial charge in [0.05, 0.1) is 4.47 Å². The summed E-state index contributed by atoms with van der Waals surface area (Å²) >= 11 is 9.88. The van der Waals surface area contributed by atoms with Crippen LogP contribution in [0, 0.1) is 0 Å². The Labute approximate surface area is 197 Å². The number of nitrogens with one attached hydrogen (secondary N) is 2. The van der Waals surface area contributed by atoms with Crippen LogP contribution >= 0.6 is 47.8 Å². The number of amides is 2. The Morgan fingerprint density at radius 1 is 1.10 bits per heavy atom. The number of hydroxylamine groups is 1. The first kappa shape index (κ1) is 24.4. The first-order valence-electron chi connectivity index (χ1n) is 8.31. The maximum absolute atomic E-state index is 12.5. The number of carbonyl (C=O) groups is 2. The molecule has 2 rings (SSSR count). The van der Waals surface area contributed by atoms with Gasteiger partial charge in [0.2, 0.25) is 0 Å². The molecule has 0 radical (unpaired) electrons. The van der Waals surface area contributed by atoms with Gasteiger partial charge in [0.25, 0.3) is 5.91 Å². The molecular weight excluding hydrogens is 592 g/mol. The zero-order valence-electron chi connectivity index (χ0n) is 15.4. The minimum absolute atomic E-state index is 0.165. The summed E-state index contributed by atoms with van der Waals surface area (Å²) in [7, 11) is 1.35. The molecule has 2 aromatic carbocycles. The van der Waals surface area contributed by atoms with Gasteiger partial charge in [-0.3, -0.25) is 15.3 Å². The number of ether oxygens (including phenoxy) is 2. The highest BCUT2D eigenvalue weighted by Gasteiger charge is 2.29. The molecule has 2 amide bonds. The average Bonchev–Trinajstić information content (AvgIpc) is 2.71. The van der Waals surface area contributed by atoms with Crippen molar-refractivity contribution in [2.75, 3.05) is 12.4 Å². The van der Waals surface area contributed by atoms with Crippen LogP contribution in [0.3, 0.4) is 0 Å². The van der Waals surface area contributed by atoms with Gasteiger partial charge in [-0.05, 0) is 58.4 Å². The molecule has 2 aromatic rings. The lowest BCUT2D eigenvalue weighted by molar-refractivity contribution is -0.124. The topological polar surface area (TPSA) is 117 Å². The Morgan fingerprint density at radius 2 is 1.77 bits per heavy atom. The highest BCUT2D eigenvalue weighted by Crippen LogP contribution is 2.39. The summed E-state index contributed by atoms with van der Waals surface area (Å²) < 4.78 is 12.7. The fourth-order valence-corrected chi connectivity index (χ4v) is 3.95. The largest absolute Gasteiger partial charge is 0.506 e. The molecule has 0 spiro atoms. The molecule has 8 nitrogen and oxygen atoms in total. The van der Waals surface area contributed by atoms with E-state index >= 15 is 0 Å². The van der Waals surface area contributed by atoms with E-state index in [2.05, 4.69) is 53.1 Å². The van der Waals surface area contributed by atoms with Crippen molar-refractivity contribution < 1.29 is 29.4 Å². The van der Waals surface area contributed by atoms with Gasteiger partial charge in [-0.2, -0.15) is 0 Å². The minimum atomic E-state index is -1.14. The second-order valence-corrected chi connectivity index (χ2v) is 8.50. The summed E-state index contributed by atoms with van der Waals surface area (Å²) in [6.07, 6.45) is -0.606. The molecule has 0 aliphatic rings. The Balaban J connectivity index is 2.37. The Morgan fingerprint density at radius 3 is 2.37 bits per heavy atom. The van der Waals surface area contributed by atoms with E-state index in [0.29, 0.717) is 14.6 Å². The van der Waals surface area contributed by atoms with Crippen LogP contribution in [-0.4, -0.2) is 35.5 Å². The first-order valence-corrected chi connectivity index (χ1v) is 10.7. The number of phenolic OH excluding ortho intramolecular Hbond substituents is 1. The van der Waals surface area contributed by atoms with E-state index < -0.39 is 24.2 Å². The zero-order chi connectivity index (χ0) is 22.3. The van der Waals surface area contributed by atoms with Gasteiger partial charge in [0.15, 0.2) is 6.10 Å². The molecule has 160 valence electrons. The lowest BCUT2D eigenvalue weighted by Gasteiger charge is -2.25. The van der Waals surface area contributed by atoms with Gasteiger partial charge in [-0.25, -0.2) is 10.3 Å². The summed E-state index contributed by atoms with van der Waals surface area (Å²) in [5, 5.41) is 21.8. The van der Waals surface area contributed by atoms with Crippen molar-refractivity contribution in [2.24, 2.45) is 0 Å². The number of hydrogen-bond acceptors (Lipinski definition) is 6. The van der Waals surface area contributed by atoms with E-state index in [1.165, 1.54) is 18.7 Å². The lowest BCUT2D eigenvalue weighted by Crippen LogP contribution is -2.27. The maximum atomic E-state index is 12.5. The third-order valence-corrected chi connectivity index (χ3v) is 5.40. The third-order valence-electron chi connectivity index (χ3n) is 3.81. The fraction of sp³-hybridized carbons (Fsp3) is 0.158. The van der Waals surface area contributed by atoms with Gasteiger partial charge in [-0.15, -0.1) is 0 Å². The molecule has 0 bridgehead atoms. The van der Waals surface area contributed by atoms with E-state index in [1.54, 1.807) is 36.4 Å². The van der Waals surface area contributed by atoms with Crippen LogP contribution in [0.1, 0.15) is 11.7 Å². The molecule has 0 fully saturated rings. The number of halogens is 3. The highest BCUT2D eigenvalue weighted by molar-refractivity contribution is 9.11. The SMILES string of the molecule is CO[C@@H](/C=C/C(=O)NO)[C@@H](OC(=O)Nc1ccc(Br)cc1)c1cc(Br)cc(Br)c1O. The van der Waals surface area contributed by atoms with Gasteiger partial charge >= 0.3 is 6.09 Å². The molecule has 4 N–H and O–H groups in total. The summed E-state index contributed by atoms with van der Waals surface area (Å²) in [6, 6.07) is 10.0. The number of carbonyl (C=O) groups excluding carboxylic acids is 2. The molecule has 0 aliphatic carbocycles.